The van der Waals surface area contributed by atoms with Gasteiger partial charge < -0.3 is 29.6 Å². The largest absolute Gasteiger partial charge is 0.387 e. The topological polar surface area (TPSA) is 132 Å². The Kier molecular flexibility index (Phi) is 5.33. The van der Waals surface area contributed by atoms with Crippen molar-refractivity contribution in [3.63, 3.8) is 0 Å². The van der Waals surface area contributed by atoms with Crippen LogP contribution in [0.4, 0.5) is 5.82 Å². The van der Waals surface area contributed by atoms with E-state index >= 15 is 0 Å². The first-order valence-corrected chi connectivity index (χ1v) is 10.7. The molecule has 3 aromatic rings. The molecule has 2 saturated heterocycles. The van der Waals surface area contributed by atoms with Gasteiger partial charge in [0.1, 0.15) is 18.5 Å². The van der Waals surface area contributed by atoms with Gasteiger partial charge in [-0.05, 0) is 6.42 Å². The van der Waals surface area contributed by atoms with Crippen LogP contribution >= 0.6 is 11.8 Å². The number of nitrogens with zero attached hydrogens (tertiary/aromatic N) is 6. The number of aliphatic hydroxyl groups excluding tert-OH is 2. The second kappa shape index (κ2) is 8.12. The zero-order valence-electron chi connectivity index (χ0n) is 16.3. The smallest absolute Gasteiger partial charge is 0.167 e. The maximum atomic E-state index is 10.6. The molecule has 0 radical (unpaired) electrons. The van der Waals surface area contributed by atoms with Gasteiger partial charge in [0.25, 0.3) is 0 Å². The summed E-state index contributed by atoms with van der Waals surface area (Å²) < 4.78 is 15.0. The summed E-state index contributed by atoms with van der Waals surface area (Å²) in [6, 6.07) is 0.177. The van der Waals surface area contributed by atoms with Gasteiger partial charge in [0.15, 0.2) is 28.4 Å². The minimum absolute atomic E-state index is 0.177. The lowest BCUT2D eigenvalue weighted by Gasteiger charge is -2.17. The maximum absolute atomic E-state index is 10.6. The van der Waals surface area contributed by atoms with E-state index in [1.165, 1.54) is 18.1 Å². The summed E-state index contributed by atoms with van der Waals surface area (Å²) in [6.45, 7) is 1.34. The van der Waals surface area contributed by atoms with Crippen molar-refractivity contribution >= 4 is 28.7 Å². The Bertz CT molecular complexity index is 1020. The number of rotatable bonds is 6. The highest BCUT2D eigenvalue weighted by atomic mass is 32.2. The first kappa shape index (κ1) is 19.7. The number of nitrogens with one attached hydrogen (secondary N) is 1. The Labute approximate surface area is 176 Å². The molecule has 30 heavy (non-hydrogen) atoms. The molecule has 0 saturated carbocycles. The van der Waals surface area contributed by atoms with E-state index in [1.807, 2.05) is 17.8 Å². The van der Waals surface area contributed by atoms with Crippen molar-refractivity contribution in [1.29, 1.82) is 0 Å². The average molecular weight is 433 g/mol. The second-order valence-corrected chi connectivity index (χ2v) is 8.42. The molecule has 5 rings (SSSR count). The number of aliphatic hydroxyl groups is 2. The highest BCUT2D eigenvalue weighted by Crippen LogP contribution is 2.34. The summed E-state index contributed by atoms with van der Waals surface area (Å²) in [5.74, 6) is 1.07. The molecule has 0 aliphatic carbocycles. The Morgan fingerprint density at radius 2 is 2.13 bits per heavy atom. The van der Waals surface area contributed by atoms with Gasteiger partial charge in [-0.1, -0.05) is 11.8 Å². The van der Waals surface area contributed by atoms with Crippen LogP contribution in [0.5, 0.6) is 0 Å². The Morgan fingerprint density at radius 1 is 1.23 bits per heavy atom. The summed E-state index contributed by atoms with van der Waals surface area (Å²) in [4.78, 5) is 17.3. The van der Waals surface area contributed by atoms with Gasteiger partial charge in [0.2, 0.25) is 0 Å². The molecule has 2 aliphatic rings. The van der Waals surface area contributed by atoms with Gasteiger partial charge in [-0.25, -0.2) is 19.9 Å². The van der Waals surface area contributed by atoms with E-state index in [0.717, 1.165) is 18.2 Å². The lowest BCUT2D eigenvalue weighted by atomic mass is 10.1. The first-order valence-electron chi connectivity index (χ1n) is 9.75. The second-order valence-electron chi connectivity index (χ2n) is 7.43. The van der Waals surface area contributed by atoms with Crippen molar-refractivity contribution in [1.82, 2.24) is 29.1 Å². The van der Waals surface area contributed by atoms with E-state index in [4.69, 9.17) is 9.47 Å². The third kappa shape index (κ3) is 3.54. The standard InChI is InChI=1S/C18H23N7O4S/c1-24-4-3-19-18(24)30-7-11-13(26)14(27)17(29-11)25-9-22-12-15(20-8-21-16(12)25)23-10-2-5-28-6-10/h3-4,8-11,13-14,17,26-27H,2,5-7H2,1H3,(H,20,21,23)/t10-,11-,13-,14-,17-/m1/s1. The summed E-state index contributed by atoms with van der Waals surface area (Å²) in [6.07, 6.45) is 3.99. The van der Waals surface area contributed by atoms with Gasteiger partial charge >= 0.3 is 0 Å². The van der Waals surface area contributed by atoms with E-state index in [9.17, 15) is 10.2 Å². The maximum Gasteiger partial charge on any atom is 0.167 e. The van der Waals surface area contributed by atoms with Crippen molar-refractivity contribution in [2.24, 2.45) is 7.05 Å². The molecular weight excluding hydrogens is 410 g/mol. The lowest BCUT2D eigenvalue weighted by molar-refractivity contribution is -0.0289. The predicted molar refractivity (Wildman–Crippen MR) is 108 cm³/mol. The highest BCUT2D eigenvalue weighted by molar-refractivity contribution is 7.99. The van der Waals surface area contributed by atoms with Crippen LogP contribution in [0.15, 0.2) is 30.2 Å². The van der Waals surface area contributed by atoms with Crippen LogP contribution in [0.2, 0.25) is 0 Å². The van der Waals surface area contributed by atoms with E-state index in [1.54, 1.807) is 17.1 Å². The third-order valence-electron chi connectivity index (χ3n) is 5.39. The van der Waals surface area contributed by atoms with Crippen LogP contribution in [0.1, 0.15) is 12.6 Å². The van der Waals surface area contributed by atoms with Gasteiger partial charge in [0, 0.05) is 31.8 Å². The average Bonchev–Trinajstić information content (AvgIpc) is 3.52. The summed E-state index contributed by atoms with van der Waals surface area (Å²) in [5, 5.41) is 25.3. The van der Waals surface area contributed by atoms with Crippen molar-refractivity contribution in [3.8, 4) is 0 Å². The molecule has 160 valence electrons. The minimum Gasteiger partial charge on any atom is -0.387 e. The first-order chi connectivity index (χ1) is 14.6. The van der Waals surface area contributed by atoms with E-state index in [0.29, 0.717) is 29.3 Å². The van der Waals surface area contributed by atoms with Crippen LogP contribution in [0.3, 0.4) is 0 Å². The molecule has 0 bridgehead atoms. The predicted octanol–water partition coefficient (Wildman–Crippen LogP) is 0.172. The normalized spacial score (nSPS) is 29.1. The Morgan fingerprint density at radius 3 is 2.90 bits per heavy atom. The summed E-state index contributed by atoms with van der Waals surface area (Å²) in [7, 11) is 1.90. The van der Waals surface area contributed by atoms with Gasteiger partial charge in [-0.2, -0.15) is 0 Å². The number of hydrogen-bond acceptors (Lipinski definition) is 10. The fraction of sp³-hybridized carbons (Fsp3) is 0.556. The van der Waals surface area contributed by atoms with Crippen molar-refractivity contribution in [3.05, 3.63) is 25.0 Å². The van der Waals surface area contributed by atoms with Crippen LogP contribution in [0, 0.1) is 0 Å². The summed E-state index contributed by atoms with van der Waals surface area (Å²) >= 11 is 1.46. The van der Waals surface area contributed by atoms with E-state index in [2.05, 4.69) is 25.3 Å². The number of imidazole rings is 2. The molecule has 0 unspecified atom stereocenters. The van der Waals surface area contributed by atoms with Crippen molar-refractivity contribution in [2.45, 2.75) is 42.2 Å². The molecular formula is C18H23N7O4S. The molecule has 5 atom stereocenters. The van der Waals surface area contributed by atoms with Crippen LogP contribution in [-0.4, -0.2) is 82.6 Å². The van der Waals surface area contributed by atoms with Crippen LogP contribution < -0.4 is 5.32 Å². The molecule has 0 amide bonds. The molecule has 3 aromatic heterocycles. The molecule has 2 fully saturated rings. The van der Waals surface area contributed by atoms with Crippen LogP contribution in [0.25, 0.3) is 11.2 Å². The lowest BCUT2D eigenvalue weighted by Crippen LogP contribution is -2.32. The van der Waals surface area contributed by atoms with Gasteiger partial charge in [0.05, 0.1) is 25.1 Å². The molecule has 11 nitrogen and oxygen atoms in total. The highest BCUT2D eigenvalue weighted by Gasteiger charge is 2.44. The number of thioether (sulfide) groups is 1. The van der Waals surface area contributed by atoms with Crippen LogP contribution in [-0.2, 0) is 16.5 Å². The molecule has 0 aromatic carbocycles. The van der Waals surface area contributed by atoms with Crippen molar-refractivity contribution in [2.75, 3.05) is 24.3 Å². The zero-order chi connectivity index (χ0) is 20.7. The molecule has 2 aliphatic heterocycles. The SMILES string of the molecule is Cn1ccnc1SC[C@H]1O[C@@H](n2cnc3c(N[C@@H]4CCOC4)ncnc32)[C@H](O)[C@@H]1O. The summed E-state index contributed by atoms with van der Waals surface area (Å²) in [5.41, 5.74) is 1.11. The Balaban J connectivity index is 1.35. The number of hydrogen-bond donors (Lipinski definition) is 3. The third-order valence-corrected chi connectivity index (χ3v) is 6.54. The fourth-order valence-electron chi connectivity index (χ4n) is 3.73. The molecule has 5 heterocycles. The molecule has 0 spiro atoms. The number of aromatic nitrogens is 6. The number of aryl methyl sites for hydroxylation is 1. The quantitative estimate of drug-likeness (QED) is 0.462. The van der Waals surface area contributed by atoms with Gasteiger partial charge in [-0.3, -0.25) is 4.57 Å². The Hall–Kier alpha value is -2.25. The molecule has 12 heteroatoms. The number of anilines is 1. The van der Waals surface area contributed by atoms with E-state index in [-0.39, 0.29) is 6.04 Å². The number of ether oxygens (including phenoxy) is 2. The molecule has 3 N–H and O–H groups in total. The monoisotopic (exact) mass is 433 g/mol. The minimum atomic E-state index is -1.11. The van der Waals surface area contributed by atoms with Crippen molar-refractivity contribution < 1.29 is 19.7 Å². The van der Waals surface area contributed by atoms with E-state index < -0.39 is 24.5 Å². The fourth-order valence-corrected chi connectivity index (χ4v) is 4.72. The van der Waals surface area contributed by atoms with Gasteiger partial charge in [-0.15, -0.1) is 0 Å². The zero-order valence-corrected chi connectivity index (χ0v) is 17.1. The number of fused-ring (bicyclic) bond motifs is 1.